The Bertz CT molecular complexity index is 950. The summed E-state index contributed by atoms with van der Waals surface area (Å²) in [5.74, 6) is 1.88. The summed E-state index contributed by atoms with van der Waals surface area (Å²) in [4.78, 5) is 26.1. The van der Waals surface area contributed by atoms with Gasteiger partial charge in [0.25, 0.3) is 5.91 Å². The molecule has 1 aliphatic carbocycles. The van der Waals surface area contributed by atoms with E-state index in [2.05, 4.69) is 15.3 Å². The predicted molar refractivity (Wildman–Crippen MR) is 96.6 cm³/mol. The zero-order valence-corrected chi connectivity index (χ0v) is 14.8. The van der Waals surface area contributed by atoms with Crippen molar-refractivity contribution in [3.8, 4) is 11.5 Å². The minimum absolute atomic E-state index is 0.0846. The van der Waals surface area contributed by atoms with Gasteiger partial charge in [-0.15, -0.1) is 0 Å². The van der Waals surface area contributed by atoms with Crippen LogP contribution < -0.4 is 5.32 Å². The summed E-state index contributed by atoms with van der Waals surface area (Å²) < 4.78 is 5.47. The largest absolute Gasteiger partial charge is 0.466 e. The van der Waals surface area contributed by atoms with Gasteiger partial charge in [-0.25, -0.2) is 9.97 Å². The molecule has 1 atom stereocenters. The van der Waals surface area contributed by atoms with Crippen LogP contribution in [-0.2, 0) is 6.42 Å². The number of amides is 1. The number of nitrogens with zero attached hydrogens (tertiary/aromatic N) is 3. The molecule has 1 N–H and O–H groups in total. The number of hydrogen-bond acceptors (Lipinski definition) is 5. The first-order chi connectivity index (χ1) is 12.6. The summed E-state index contributed by atoms with van der Waals surface area (Å²) >= 11 is 0. The molecule has 0 aromatic carbocycles. The molecule has 1 aliphatic rings. The molecule has 6 nitrogen and oxygen atoms in total. The van der Waals surface area contributed by atoms with Crippen LogP contribution in [0.15, 0.2) is 41.1 Å². The maximum Gasteiger partial charge on any atom is 0.255 e. The maximum atomic E-state index is 12.6. The van der Waals surface area contributed by atoms with Gasteiger partial charge in [-0.05, 0) is 51.3 Å². The highest BCUT2D eigenvalue weighted by Gasteiger charge is 2.25. The van der Waals surface area contributed by atoms with Crippen molar-refractivity contribution in [2.75, 3.05) is 0 Å². The molecule has 6 heteroatoms. The first kappa shape index (κ1) is 16.4. The van der Waals surface area contributed by atoms with Crippen molar-refractivity contribution >= 4 is 5.91 Å². The third-order valence-corrected chi connectivity index (χ3v) is 4.67. The Morgan fingerprint density at radius 3 is 2.88 bits per heavy atom. The Labute approximate surface area is 151 Å². The Morgan fingerprint density at radius 2 is 2.15 bits per heavy atom. The molecule has 0 aliphatic heterocycles. The maximum absolute atomic E-state index is 12.6. The van der Waals surface area contributed by atoms with Crippen molar-refractivity contribution in [1.29, 1.82) is 0 Å². The Kier molecular flexibility index (Phi) is 4.24. The minimum Gasteiger partial charge on any atom is -0.466 e. The number of carbonyl (C=O) groups excluding carboxylic acids is 1. The molecule has 0 saturated carbocycles. The lowest BCUT2D eigenvalue weighted by atomic mass is 9.92. The van der Waals surface area contributed by atoms with E-state index in [4.69, 9.17) is 9.40 Å². The van der Waals surface area contributed by atoms with Crippen molar-refractivity contribution in [3.63, 3.8) is 0 Å². The Balaban J connectivity index is 1.59. The number of aromatic nitrogens is 3. The molecule has 3 aromatic rings. The van der Waals surface area contributed by atoms with Gasteiger partial charge < -0.3 is 9.73 Å². The second kappa shape index (κ2) is 6.71. The van der Waals surface area contributed by atoms with Crippen LogP contribution in [0.1, 0.15) is 52.0 Å². The molecule has 3 aromatic heterocycles. The number of hydrogen-bond donors (Lipinski definition) is 1. The lowest BCUT2D eigenvalue weighted by molar-refractivity contribution is 0.0931. The number of carbonyl (C=O) groups is 1. The first-order valence-electron chi connectivity index (χ1n) is 8.77. The second-order valence-corrected chi connectivity index (χ2v) is 6.56. The lowest BCUT2D eigenvalue weighted by Gasteiger charge is -2.25. The summed E-state index contributed by atoms with van der Waals surface area (Å²) in [6.45, 7) is 3.64. The molecule has 0 radical (unpaired) electrons. The molecular formula is C20H20N4O2. The fourth-order valence-corrected chi connectivity index (χ4v) is 3.41. The molecule has 0 fully saturated rings. The second-order valence-electron chi connectivity index (χ2n) is 6.56. The van der Waals surface area contributed by atoms with E-state index in [-0.39, 0.29) is 11.9 Å². The van der Waals surface area contributed by atoms with Gasteiger partial charge in [-0.3, -0.25) is 9.78 Å². The molecule has 26 heavy (non-hydrogen) atoms. The summed E-state index contributed by atoms with van der Waals surface area (Å²) in [6.07, 6.45) is 6.29. The van der Waals surface area contributed by atoms with Gasteiger partial charge in [-0.1, -0.05) is 6.07 Å². The minimum atomic E-state index is -0.119. The van der Waals surface area contributed by atoms with Crippen LogP contribution >= 0.6 is 0 Å². The molecular weight excluding hydrogens is 328 g/mol. The van der Waals surface area contributed by atoms with E-state index in [1.807, 2.05) is 31.3 Å². The van der Waals surface area contributed by atoms with Gasteiger partial charge >= 0.3 is 0 Å². The first-order valence-corrected chi connectivity index (χ1v) is 8.77. The smallest absolute Gasteiger partial charge is 0.255 e. The quantitative estimate of drug-likeness (QED) is 0.783. The topological polar surface area (TPSA) is 80.9 Å². The SMILES string of the molecule is Cc1cc(C(=O)NC2CCCc3nc(-c4ccccn4)ncc32)c(C)o1. The fraction of sp³-hybridized carbons (Fsp3) is 0.300. The van der Waals surface area contributed by atoms with E-state index in [0.717, 1.165) is 42.0 Å². The summed E-state index contributed by atoms with van der Waals surface area (Å²) in [5.41, 5.74) is 3.31. The van der Waals surface area contributed by atoms with Gasteiger partial charge in [0, 0.05) is 23.7 Å². The average Bonchev–Trinajstić information content (AvgIpc) is 3.00. The molecule has 0 spiro atoms. The van der Waals surface area contributed by atoms with Crippen LogP contribution in [0, 0.1) is 13.8 Å². The van der Waals surface area contributed by atoms with Crippen molar-refractivity contribution in [3.05, 3.63) is 65.0 Å². The lowest BCUT2D eigenvalue weighted by Crippen LogP contribution is -2.31. The van der Waals surface area contributed by atoms with Crippen molar-refractivity contribution in [1.82, 2.24) is 20.3 Å². The van der Waals surface area contributed by atoms with Crippen molar-refractivity contribution < 1.29 is 9.21 Å². The molecule has 4 rings (SSSR count). The zero-order valence-electron chi connectivity index (χ0n) is 14.8. The number of pyridine rings is 1. The van der Waals surface area contributed by atoms with E-state index < -0.39 is 0 Å². The third-order valence-electron chi connectivity index (χ3n) is 4.67. The zero-order chi connectivity index (χ0) is 18.1. The van der Waals surface area contributed by atoms with Gasteiger partial charge in [0.1, 0.15) is 17.2 Å². The molecule has 1 amide bonds. The van der Waals surface area contributed by atoms with E-state index in [1.165, 1.54) is 0 Å². The van der Waals surface area contributed by atoms with Crippen LogP contribution in [0.3, 0.4) is 0 Å². The number of rotatable bonds is 3. The van der Waals surface area contributed by atoms with Crippen LogP contribution in [0.4, 0.5) is 0 Å². The number of aryl methyl sites for hydroxylation is 3. The van der Waals surface area contributed by atoms with Crippen LogP contribution in [0.5, 0.6) is 0 Å². The fourth-order valence-electron chi connectivity index (χ4n) is 3.41. The monoisotopic (exact) mass is 348 g/mol. The van der Waals surface area contributed by atoms with Crippen molar-refractivity contribution in [2.24, 2.45) is 0 Å². The third kappa shape index (κ3) is 3.10. The number of furan rings is 1. The van der Waals surface area contributed by atoms with Gasteiger partial charge in [0.05, 0.1) is 11.6 Å². The summed E-state index contributed by atoms with van der Waals surface area (Å²) in [7, 11) is 0. The van der Waals surface area contributed by atoms with Crippen molar-refractivity contribution in [2.45, 2.75) is 39.2 Å². The molecule has 0 saturated heterocycles. The molecule has 1 unspecified atom stereocenters. The van der Waals surface area contributed by atoms with Crippen LogP contribution in [0.2, 0.25) is 0 Å². The molecule has 132 valence electrons. The van der Waals surface area contributed by atoms with Gasteiger partial charge in [0.2, 0.25) is 0 Å². The Morgan fingerprint density at radius 1 is 1.27 bits per heavy atom. The molecule has 3 heterocycles. The standard InChI is InChI=1S/C20H20N4O2/c1-12-10-14(13(2)26-12)20(25)24-17-8-5-7-16-15(17)11-22-19(23-16)18-6-3-4-9-21-18/h3-4,6,9-11,17H,5,7-8H2,1-2H3,(H,24,25). The summed E-state index contributed by atoms with van der Waals surface area (Å²) in [6, 6.07) is 7.37. The summed E-state index contributed by atoms with van der Waals surface area (Å²) in [5, 5.41) is 3.11. The number of nitrogens with one attached hydrogen (secondary N) is 1. The highest BCUT2D eigenvalue weighted by Crippen LogP contribution is 2.30. The highest BCUT2D eigenvalue weighted by atomic mass is 16.3. The average molecular weight is 348 g/mol. The van der Waals surface area contributed by atoms with E-state index in [0.29, 0.717) is 17.1 Å². The van der Waals surface area contributed by atoms with Crippen LogP contribution in [0.25, 0.3) is 11.5 Å². The van der Waals surface area contributed by atoms with Gasteiger partial charge in [0.15, 0.2) is 5.82 Å². The predicted octanol–water partition coefficient (Wildman–Crippen LogP) is 3.56. The van der Waals surface area contributed by atoms with Gasteiger partial charge in [-0.2, -0.15) is 0 Å². The number of fused-ring (bicyclic) bond motifs is 1. The van der Waals surface area contributed by atoms with E-state index >= 15 is 0 Å². The Hall–Kier alpha value is -3.02. The molecule has 0 bridgehead atoms. The van der Waals surface area contributed by atoms with Crippen LogP contribution in [-0.4, -0.2) is 20.9 Å². The highest BCUT2D eigenvalue weighted by molar-refractivity contribution is 5.95. The van der Waals surface area contributed by atoms with E-state index in [9.17, 15) is 4.79 Å². The van der Waals surface area contributed by atoms with E-state index in [1.54, 1.807) is 19.2 Å². The normalized spacial score (nSPS) is 16.2.